The summed E-state index contributed by atoms with van der Waals surface area (Å²) in [6, 6.07) is 8.94. The summed E-state index contributed by atoms with van der Waals surface area (Å²) in [5, 5.41) is 8.39. The first-order chi connectivity index (χ1) is 16.0. The summed E-state index contributed by atoms with van der Waals surface area (Å²) in [5.74, 6) is 1.72. The van der Waals surface area contributed by atoms with Gasteiger partial charge in [-0.2, -0.15) is 5.10 Å². The highest BCUT2D eigenvalue weighted by atomic mass is 15.4. The molecule has 0 saturated heterocycles. The SMILES string of the molecule is C=C(/N=C\C=C/C)c1nn2c(c1C(=C)CC)NC(c1ccc(CC3CCCC3)cc1)=CC2=C. The Balaban J connectivity index is 1.63. The molecule has 1 aliphatic heterocycles. The lowest BCUT2D eigenvalue weighted by atomic mass is 9.96. The Bertz CT molecular complexity index is 1150. The number of fused-ring (bicyclic) bond motifs is 1. The highest BCUT2D eigenvalue weighted by molar-refractivity contribution is 5.94. The maximum Gasteiger partial charge on any atom is 0.142 e. The lowest BCUT2D eigenvalue weighted by molar-refractivity contribution is 0.546. The fourth-order valence-corrected chi connectivity index (χ4v) is 4.65. The normalized spacial score (nSPS) is 16.3. The molecule has 0 unspecified atom stereocenters. The van der Waals surface area contributed by atoms with Crippen molar-refractivity contribution in [1.82, 2.24) is 9.78 Å². The third kappa shape index (κ3) is 4.85. The predicted molar refractivity (Wildman–Crippen MR) is 143 cm³/mol. The van der Waals surface area contributed by atoms with Crippen molar-refractivity contribution < 1.29 is 0 Å². The van der Waals surface area contributed by atoms with E-state index in [4.69, 9.17) is 5.10 Å². The van der Waals surface area contributed by atoms with Crippen molar-refractivity contribution in [2.24, 2.45) is 10.9 Å². The van der Waals surface area contributed by atoms with Crippen LogP contribution in [0.25, 0.3) is 22.7 Å². The number of anilines is 1. The molecule has 0 bridgehead atoms. The van der Waals surface area contributed by atoms with E-state index in [1.54, 1.807) is 6.21 Å². The van der Waals surface area contributed by atoms with Crippen LogP contribution in [0.5, 0.6) is 0 Å². The quantitative estimate of drug-likeness (QED) is 0.431. The van der Waals surface area contributed by atoms with Gasteiger partial charge in [-0.25, -0.2) is 4.68 Å². The highest BCUT2D eigenvalue weighted by Crippen LogP contribution is 2.39. The van der Waals surface area contributed by atoms with Gasteiger partial charge in [-0.05, 0) is 54.5 Å². The zero-order chi connectivity index (χ0) is 23.4. The van der Waals surface area contributed by atoms with Crippen molar-refractivity contribution in [3.05, 3.63) is 84.6 Å². The van der Waals surface area contributed by atoms with Gasteiger partial charge in [0.05, 0.1) is 11.4 Å². The summed E-state index contributed by atoms with van der Waals surface area (Å²) in [6.07, 6.45) is 15.1. The van der Waals surface area contributed by atoms with Gasteiger partial charge >= 0.3 is 0 Å². The van der Waals surface area contributed by atoms with Gasteiger partial charge in [0.2, 0.25) is 0 Å². The zero-order valence-electron chi connectivity index (χ0n) is 19.9. The Kier molecular flexibility index (Phi) is 6.93. The third-order valence-corrected chi connectivity index (χ3v) is 6.55. The second-order valence-corrected chi connectivity index (χ2v) is 8.92. The van der Waals surface area contributed by atoms with E-state index < -0.39 is 0 Å². The molecule has 1 N–H and O–H groups in total. The van der Waals surface area contributed by atoms with Gasteiger partial charge in [0, 0.05) is 17.5 Å². The molecule has 1 aliphatic carbocycles. The minimum absolute atomic E-state index is 0.604. The second kappa shape index (κ2) is 10.0. The summed E-state index contributed by atoms with van der Waals surface area (Å²) in [4.78, 5) is 4.46. The Morgan fingerprint density at radius 1 is 1.21 bits per heavy atom. The number of nitrogens with one attached hydrogen (secondary N) is 1. The molecule has 2 aromatic rings. The lowest BCUT2D eigenvalue weighted by Gasteiger charge is -2.21. The van der Waals surface area contributed by atoms with Gasteiger partial charge in [-0.3, -0.25) is 4.99 Å². The maximum atomic E-state index is 4.79. The van der Waals surface area contributed by atoms with Gasteiger partial charge in [0.25, 0.3) is 0 Å². The molecule has 170 valence electrons. The third-order valence-electron chi connectivity index (χ3n) is 6.55. The molecule has 4 heteroatoms. The standard InChI is InChI=1S/C29H34N4/c1-6-8-17-30-22(5)28-27(20(3)7-2)29-31-26(18-21(4)33(29)32-28)25-15-13-24(14-16-25)19-23-11-9-10-12-23/h6,8,13-18,23,31H,3-5,7,9-12,19H2,1-2H3/b8-6-,30-17-. The van der Waals surface area contributed by atoms with Crippen LogP contribution in [0.3, 0.4) is 0 Å². The number of hydrogen-bond donors (Lipinski definition) is 1. The van der Waals surface area contributed by atoms with Gasteiger partial charge in [0.1, 0.15) is 11.5 Å². The summed E-state index contributed by atoms with van der Waals surface area (Å²) < 4.78 is 1.83. The van der Waals surface area contributed by atoms with Crippen molar-refractivity contribution in [1.29, 1.82) is 0 Å². The van der Waals surface area contributed by atoms with Crippen LogP contribution in [0.15, 0.2) is 67.2 Å². The van der Waals surface area contributed by atoms with Crippen LogP contribution >= 0.6 is 0 Å². The molecule has 4 nitrogen and oxygen atoms in total. The van der Waals surface area contributed by atoms with Crippen molar-refractivity contribution in [3.8, 4) is 0 Å². The van der Waals surface area contributed by atoms with E-state index in [0.29, 0.717) is 5.70 Å². The number of rotatable bonds is 8. The number of allylic oxidation sites excluding steroid dienone is 5. The Morgan fingerprint density at radius 2 is 1.94 bits per heavy atom. The summed E-state index contributed by atoms with van der Waals surface area (Å²) in [7, 11) is 0. The van der Waals surface area contributed by atoms with E-state index in [1.165, 1.54) is 37.7 Å². The fourth-order valence-electron chi connectivity index (χ4n) is 4.65. The van der Waals surface area contributed by atoms with E-state index in [9.17, 15) is 0 Å². The molecule has 0 amide bonds. The van der Waals surface area contributed by atoms with Gasteiger partial charge in [-0.15, -0.1) is 0 Å². The summed E-state index contributed by atoms with van der Waals surface area (Å²) >= 11 is 0. The molecular weight excluding hydrogens is 404 g/mol. The molecule has 1 saturated carbocycles. The average molecular weight is 439 g/mol. The Morgan fingerprint density at radius 3 is 2.61 bits per heavy atom. The minimum Gasteiger partial charge on any atom is -0.339 e. The van der Waals surface area contributed by atoms with Gasteiger partial charge < -0.3 is 5.32 Å². The number of aliphatic imine (C=N–C) groups is 1. The second-order valence-electron chi connectivity index (χ2n) is 8.92. The van der Waals surface area contributed by atoms with Crippen LogP contribution < -0.4 is 5.32 Å². The average Bonchev–Trinajstić information content (AvgIpc) is 3.47. The molecular formula is C29H34N4. The lowest BCUT2D eigenvalue weighted by Crippen LogP contribution is -2.13. The van der Waals surface area contributed by atoms with Crippen LogP contribution in [0, 0.1) is 5.92 Å². The van der Waals surface area contributed by atoms with Crippen LogP contribution in [0.4, 0.5) is 5.82 Å². The molecule has 2 aliphatic rings. The summed E-state index contributed by atoms with van der Waals surface area (Å²) in [6.45, 7) is 16.8. The van der Waals surface area contributed by atoms with Crippen LogP contribution in [0.2, 0.25) is 0 Å². The van der Waals surface area contributed by atoms with Crippen molar-refractivity contribution >= 4 is 34.7 Å². The van der Waals surface area contributed by atoms with E-state index in [2.05, 4.69) is 61.2 Å². The number of aromatic nitrogens is 2. The van der Waals surface area contributed by atoms with Crippen LogP contribution in [0.1, 0.15) is 68.3 Å². The number of nitrogens with zero attached hydrogens (tertiary/aromatic N) is 3. The van der Waals surface area contributed by atoms with Gasteiger partial charge in [0.15, 0.2) is 0 Å². The van der Waals surface area contributed by atoms with Crippen LogP contribution in [-0.4, -0.2) is 16.0 Å². The molecule has 0 atom stereocenters. The fraction of sp³-hybridized carbons (Fsp3) is 0.310. The molecule has 33 heavy (non-hydrogen) atoms. The molecule has 2 heterocycles. The molecule has 1 aromatic carbocycles. The van der Waals surface area contributed by atoms with E-state index >= 15 is 0 Å². The topological polar surface area (TPSA) is 42.2 Å². The number of hydrogen-bond acceptors (Lipinski definition) is 3. The zero-order valence-corrected chi connectivity index (χ0v) is 19.9. The number of benzene rings is 1. The molecule has 1 aromatic heterocycles. The summed E-state index contributed by atoms with van der Waals surface area (Å²) in [5.41, 5.74) is 7.64. The first-order valence-corrected chi connectivity index (χ1v) is 11.9. The Labute approximate surface area is 197 Å². The van der Waals surface area contributed by atoms with Crippen molar-refractivity contribution in [2.45, 2.75) is 52.4 Å². The predicted octanol–water partition coefficient (Wildman–Crippen LogP) is 7.59. The van der Waals surface area contributed by atoms with Crippen molar-refractivity contribution in [2.75, 3.05) is 5.32 Å². The van der Waals surface area contributed by atoms with Crippen molar-refractivity contribution in [3.63, 3.8) is 0 Å². The van der Waals surface area contributed by atoms with E-state index in [-0.39, 0.29) is 0 Å². The van der Waals surface area contributed by atoms with E-state index in [1.807, 2.05) is 29.8 Å². The molecule has 4 rings (SSSR count). The molecule has 1 fully saturated rings. The highest BCUT2D eigenvalue weighted by Gasteiger charge is 2.26. The molecule has 0 spiro atoms. The van der Waals surface area contributed by atoms with E-state index in [0.717, 1.165) is 51.9 Å². The van der Waals surface area contributed by atoms with Gasteiger partial charge in [-0.1, -0.05) is 82.7 Å². The Hall–Kier alpha value is -3.40. The maximum absolute atomic E-state index is 4.79. The first-order valence-electron chi connectivity index (χ1n) is 11.9. The molecule has 0 radical (unpaired) electrons. The smallest absolute Gasteiger partial charge is 0.142 e. The largest absolute Gasteiger partial charge is 0.339 e. The van der Waals surface area contributed by atoms with Crippen LogP contribution in [-0.2, 0) is 6.42 Å². The monoisotopic (exact) mass is 438 g/mol. The minimum atomic E-state index is 0.604. The first kappa shape index (κ1) is 22.8.